The average molecular weight is 388 g/mol. The van der Waals surface area contributed by atoms with Gasteiger partial charge in [-0.25, -0.2) is 0 Å². The predicted molar refractivity (Wildman–Crippen MR) is 121 cm³/mol. The summed E-state index contributed by atoms with van der Waals surface area (Å²) in [5, 5.41) is 7.26. The van der Waals surface area contributed by atoms with Gasteiger partial charge in [0.15, 0.2) is 5.96 Å². The third-order valence-corrected chi connectivity index (χ3v) is 5.84. The van der Waals surface area contributed by atoms with E-state index < -0.39 is 0 Å². The van der Waals surface area contributed by atoms with E-state index in [9.17, 15) is 0 Å². The van der Waals surface area contributed by atoms with E-state index in [1.54, 1.807) is 0 Å². The Morgan fingerprint density at radius 2 is 1.82 bits per heavy atom. The lowest BCUT2D eigenvalue weighted by atomic mass is 10.0. The second-order valence-electron chi connectivity index (χ2n) is 7.78. The number of hydrogen-bond donors (Lipinski definition) is 2. The maximum atomic E-state index is 4.49. The average Bonchev–Trinajstić information content (AvgIpc) is 2.73. The van der Waals surface area contributed by atoms with Gasteiger partial charge in [0.2, 0.25) is 0 Å². The van der Waals surface area contributed by atoms with Crippen LogP contribution in [0.2, 0.25) is 0 Å². The normalized spacial score (nSPS) is 17.7. The van der Waals surface area contributed by atoms with E-state index in [0.717, 1.165) is 32.0 Å². The Hall–Kier alpha value is -1.59. The summed E-state index contributed by atoms with van der Waals surface area (Å²) in [6, 6.07) is 11.8. The molecule has 1 atom stereocenters. The van der Waals surface area contributed by atoms with E-state index >= 15 is 0 Å². The van der Waals surface area contributed by atoms with Gasteiger partial charge in [-0.15, -0.1) is 0 Å². The molecule has 5 nitrogen and oxygen atoms in total. The molecule has 1 saturated heterocycles. The van der Waals surface area contributed by atoms with E-state index in [2.05, 4.69) is 76.5 Å². The maximum absolute atomic E-state index is 4.49. The summed E-state index contributed by atoms with van der Waals surface area (Å²) in [7, 11) is 1.88. The zero-order valence-corrected chi connectivity index (χ0v) is 18.5. The van der Waals surface area contributed by atoms with Crippen molar-refractivity contribution in [2.24, 2.45) is 4.99 Å². The first-order valence-electron chi connectivity index (χ1n) is 11.2. The fourth-order valence-electron chi connectivity index (χ4n) is 4.18. The number of likely N-dealkylation sites (tertiary alicyclic amines) is 1. The van der Waals surface area contributed by atoms with Crippen molar-refractivity contribution in [3.63, 3.8) is 0 Å². The molecular formula is C23H41N5. The van der Waals surface area contributed by atoms with Gasteiger partial charge in [-0.1, -0.05) is 51.1 Å². The van der Waals surface area contributed by atoms with E-state index in [1.807, 2.05) is 7.05 Å². The zero-order valence-electron chi connectivity index (χ0n) is 18.5. The number of rotatable bonds is 10. The van der Waals surface area contributed by atoms with Gasteiger partial charge in [0.25, 0.3) is 0 Å². The van der Waals surface area contributed by atoms with Gasteiger partial charge in [0.1, 0.15) is 0 Å². The smallest absolute Gasteiger partial charge is 0.191 e. The highest BCUT2D eigenvalue weighted by molar-refractivity contribution is 5.80. The molecule has 0 spiro atoms. The fraction of sp³-hybridized carbons (Fsp3) is 0.696. The molecule has 0 radical (unpaired) electrons. The zero-order chi connectivity index (χ0) is 20.2. The first-order valence-corrected chi connectivity index (χ1v) is 11.2. The quantitative estimate of drug-likeness (QED) is 0.478. The minimum absolute atomic E-state index is 0.461. The van der Waals surface area contributed by atoms with Gasteiger partial charge in [-0.05, 0) is 50.9 Å². The molecule has 1 aliphatic rings. The molecule has 1 aliphatic heterocycles. The molecule has 1 heterocycles. The van der Waals surface area contributed by atoms with Crippen LogP contribution in [-0.2, 0) is 6.42 Å². The van der Waals surface area contributed by atoms with Crippen LogP contribution in [-0.4, -0.2) is 74.2 Å². The molecule has 1 fully saturated rings. The van der Waals surface area contributed by atoms with E-state index in [-0.39, 0.29) is 0 Å². The van der Waals surface area contributed by atoms with E-state index in [1.165, 1.54) is 44.5 Å². The Balaban J connectivity index is 1.87. The van der Waals surface area contributed by atoms with Crippen LogP contribution in [0.4, 0.5) is 0 Å². The highest BCUT2D eigenvalue weighted by Gasteiger charge is 2.21. The molecule has 1 unspecified atom stereocenters. The monoisotopic (exact) mass is 387 g/mol. The topological polar surface area (TPSA) is 42.9 Å². The highest BCUT2D eigenvalue weighted by atomic mass is 15.2. The number of nitrogens with one attached hydrogen (secondary N) is 2. The number of guanidine groups is 1. The van der Waals surface area contributed by atoms with Crippen LogP contribution in [0.25, 0.3) is 0 Å². The lowest BCUT2D eigenvalue weighted by molar-refractivity contribution is 0.204. The van der Waals surface area contributed by atoms with Crippen molar-refractivity contribution in [2.45, 2.75) is 58.5 Å². The molecule has 0 amide bonds. The Labute approximate surface area is 172 Å². The summed E-state index contributed by atoms with van der Waals surface area (Å²) in [5.74, 6) is 0.944. The molecule has 1 aromatic carbocycles. The van der Waals surface area contributed by atoms with Crippen molar-refractivity contribution in [1.29, 1.82) is 0 Å². The minimum Gasteiger partial charge on any atom is -0.355 e. The molecule has 28 heavy (non-hydrogen) atoms. The van der Waals surface area contributed by atoms with Crippen molar-refractivity contribution in [3.8, 4) is 0 Å². The van der Waals surface area contributed by atoms with Crippen LogP contribution in [0, 0.1) is 0 Å². The van der Waals surface area contributed by atoms with E-state index in [4.69, 9.17) is 0 Å². The number of nitrogens with zero attached hydrogens (tertiary/aromatic N) is 3. The van der Waals surface area contributed by atoms with Crippen molar-refractivity contribution >= 4 is 5.96 Å². The van der Waals surface area contributed by atoms with Crippen molar-refractivity contribution in [3.05, 3.63) is 35.9 Å². The minimum atomic E-state index is 0.461. The Morgan fingerprint density at radius 3 is 2.39 bits per heavy atom. The summed E-state index contributed by atoms with van der Waals surface area (Å²) >= 11 is 0. The predicted octanol–water partition coefficient (Wildman–Crippen LogP) is 2.98. The van der Waals surface area contributed by atoms with Crippen LogP contribution in [0.1, 0.15) is 45.6 Å². The molecular weight excluding hydrogens is 346 g/mol. The second-order valence-corrected chi connectivity index (χ2v) is 7.78. The number of piperidine rings is 1. The van der Waals surface area contributed by atoms with Crippen molar-refractivity contribution in [2.75, 3.05) is 46.3 Å². The fourth-order valence-corrected chi connectivity index (χ4v) is 4.18. The van der Waals surface area contributed by atoms with E-state index in [0.29, 0.717) is 12.1 Å². The van der Waals surface area contributed by atoms with Crippen LogP contribution in [0.15, 0.2) is 35.3 Å². The maximum Gasteiger partial charge on any atom is 0.191 e. The van der Waals surface area contributed by atoms with Gasteiger partial charge in [-0.2, -0.15) is 0 Å². The molecule has 0 saturated carbocycles. The SMILES string of the molecule is CCCN1CCC(NC(=NC)NCC(Cc2ccccc2)N(CC)CC)CC1. The third-order valence-electron chi connectivity index (χ3n) is 5.84. The molecule has 5 heteroatoms. The van der Waals surface area contributed by atoms with Gasteiger partial charge in [-0.3, -0.25) is 9.89 Å². The molecule has 158 valence electrons. The van der Waals surface area contributed by atoms with Gasteiger partial charge in [0.05, 0.1) is 0 Å². The third kappa shape index (κ3) is 7.44. The highest BCUT2D eigenvalue weighted by Crippen LogP contribution is 2.11. The molecule has 0 aliphatic carbocycles. The van der Waals surface area contributed by atoms with Crippen molar-refractivity contribution in [1.82, 2.24) is 20.4 Å². The summed E-state index contributed by atoms with van der Waals surface area (Å²) in [6.07, 6.45) is 4.70. The number of aliphatic imine (C=N–C) groups is 1. The van der Waals surface area contributed by atoms with Crippen LogP contribution in [0.3, 0.4) is 0 Å². The molecule has 1 aromatic rings. The summed E-state index contributed by atoms with van der Waals surface area (Å²) in [5.41, 5.74) is 1.40. The Bertz CT molecular complexity index is 547. The number of likely N-dealkylation sites (N-methyl/N-ethyl adjacent to an activating group) is 1. The van der Waals surface area contributed by atoms with Crippen LogP contribution >= 0.6 is 0 Å². The van der Waals surface area contributed by atoms with Crippen LogP contribution < -0.4 is 10.6 Å². The summed E-state index contributed by atoms with van der Waals surface area (Å²) in [6.45, 7) is 13.4. The lowest BCUT2D eigenvalue weighted by Crippen LogP contribution is -2.52. The van der Waals surface area contributed by atoms with Gasteiger partial charge < -0.3 is 15.5 Å². The Morgan fingerprint density at radius 1 is 1.14 bits per heavy atom. The first kappa shape index (κ1) is 22.7. The van der Waals surface area contributed by atoms with Gasteiger partial charge >= 0.3 is 0 Å². The lowest BCUT2D eigenvalue weighted by Gasteiger charge is -2.34. The first-order chi connectivity index (χ1) is 13.7. The Kier molecular flexibility index (Phi) is 10.4. The molecule has 0 aromatic heterocycles. The molecule has 2 rings (SSSR count). The summed E-state index contributed by atoms with van der Waals surface area (Å²) < 4.78 is 0. The second kappa shape index (κ2) is 12.8. The number of benzene rings is 1. The van der Waals surface area contributed by atoms with Crippen LogP contribution in [0.5, 0.6) is 0 Å². The standard InChI is InChI=1S/C23H41N5/c1-5-15-27-16-13-21(14-17-27)26-23(24-4)25-19-22(28(6-2)7-3)18-20-11-9-8-10-12-20/h8-12,21-22H,5-7,13-19H2,1-4H3,(H2,24,25,26). The van der Waals surface area contributed by atoms with Crippen molar-refractivity contribution < 1.29 is 0 Å². The summed E-state index contributed by atoms with van der Waals surface area (Å²) in [4.78, 5) is 9.60. The van der Waals surface area contributed by atoms with Gasteiger partial charge in [0, 0.05) is 38.8 Å². The molecule has 2 N–H and O–H groups in total. The number of hydrogen-bond acceptors (Lipinski definition) is 3. The largest absolute Gasteiger partial charge is 0.355 e. The molecule has 0 bridgehead atoms.